The van der Waals surface area contributed by atoms with Crippen LogP contribution < -0.4 is 11.1 Å². The van der Waals surface area contributed by atoms with E-state index in [1.54, 1.807) is 6.92 Å². The van der Waals surface area contributed by atoms with E-state index in [9.17, 15) is 4.79 Å². The number of nitrogens with zero attached hydrogens (tertiary/aromatic N) is 3. The fourth-order valence-corrected chi connectivity index (χ4v) is 3.48. The molecule has 3 rings (SSSR count). The van der Waals surface area contributed by atoms with Crippen molar-refractivity contribution in [3.8, 4) is 0 Å². The van der Waals surface area contributed by atoms with Crippen LogP contribution in [0.2, 0.25) is 0 Å². The van der Waals surface area contributed by atoms with Gasteiger partial charge in [-0.1, -0.05) is 35.8 Å². The minimum Gasteiger partial charge on any atom is -0.375 e. The third kappa shape index (κ3) is 3.27. The van der Waals surface area contributed by atoms with Crippen LogP contribution in [0.15, 0.2) is 4.52 Å². The largest absolute Gasteiger partial charge is 0.375 e. The molecule has 0 aromatic carbocycles. The monoisotopic (exact) mass is 321 g/mol. The Morgan fingerprint density at radius 2 is 2.14 bits per heavy atom. The lowest BCUT2D eigenvalue weighted by molar-refractivity contribution is 0.0949. The van der Waals surface area contributed by atoms with Gasteiger partial charge in [0.2, 0.25) is 5.89 Å². The van der Waals surface area contributed by atoms with E-state index in [1.165, 1.54) is 30.6 Å². The second kappa shape index (κ2) is 6.43. The Labute approximate surface area is 132 Å². The molecular formula is C14H19N5O2S. The first-order valence-electron chi connectivity index (χ1n) is 7.47. The van der Waals surface area contributed by atoms with E-state index in [0.717, 1.165) is 18.7 Å². The van der Waals surface area contributed by atoms with E-state index in [2.05, 4.69) is 20.4 Å². The van der Waals surface area contributed by atoms with Crippen molar-refractivity contribution in [3.05, 3.63) is 22.3 Å². The van der Waals surface area contributed by atoms with E-state index >= 15 is 0 Å². The van der Waals surface area contributed by atoms with Crippen LogP contribution in [0.5, 0.6) is 0 Å². The first-order chi connectivity index (χ1) is 10.6. The SMILES string of the molecule is Cc1nc(N)sc1C(=O)NCc1nc(C2CCCCC2)no1. The van der Waals surface area contributed by atoms with Gasteiger partial charge in [0.15, 0.2) is 11.0 Å². The Kier molecular flexibility index (Phi) is 4.37. The van der Waals surface area contributed by atoms with E-state index in [-0.39, 0.29) is 12.5 Å². The number of amides is 1. The van der Waals surface area contributed by atoms with E-state index in [4.69, 9.17) is 10.3 Å². The summed E-state index contributed by atoms with van der Waals surface area (Å²) in [5.74, 6) is 1.38. The smallest absolute Gasteiger partial charge is 0.263 e. The number of hydrogen-bond donors (Lipinski definition) is 2. The average Bonchev–Trinajstić information content (AvgIpc) is 3.12. The first kappa shape index (κ1) is 15.0. The molecule has 1 saturated carbocycles. The maximum atomic E-state index is 12.1. The molecule has 0 saturated heterocycles. The van der Waals surface area contributed by atoms with Crippen LogP contribution in [-0.2, 0) is 6.54 Å². The molecule has 1 aliphatic carbocycles. The molecule has 0 aliphatic heterocycles. The molecule has 1 aliphatic rings. The highest BCUT2D eigenvalue weighted by Crippen LogP contribution is 2.30. The number of anilines is 1. The van der Waals surface area contributed by atoms with E-state index in [0.29, 0.717) is 27.5 Å². The molecule has 0 atom stereocenters. The quantitative estimate of drug-likeness (QED) is 0.895. The fourth-order valence-electron chi connectivity index (χ4n) is 2.73. The molecule has 2 aromatic heterocycles. The molecule has 1 amide bonds. The number of nitrogens with one attached hydrogen (secondary N) is 1. The molecule has 22 heavy (non-hydrogen) atoms. The molecule has 0 spiro atoms. The van der Waals surface area contributed by atoms with Crippen molar-refractivity contribution in [2.24, 2.45) is 0 Å². The lowest BCUT2D eigenvalue weighted by Gasteiger charge is -2.17. The normalized spacial score (nSPS) is 15.9. The second-order valence-electron chi connectivity index (χ2n) is 5.53. The minimum atomic E-state index is -0.218. The zero-order chi connectivity index (χ0) is 15.5. The second-order valence-corrected chi connectivity index (χ2v) is 6.56. The number of nitrogens with two attached hydrogens (primary N) is 1. The summed E-state index contributed by atoms with van der Waals surface area (Å²) in [4.78, 5) is 21.0. The van der Waals surface area contributed by atoms with Crippen molar-refractivity contribution in [2.45, 2.75) is 51.5 Å². The third-order valence-electron chi connectivity index (χ3n) is 3.87. The highest BCUT2D eigenvalue weighted by atomic mass is 32.1. The average molecular weight is 321 g/mol. The molecule has 3 N–H and O–H groups in total. The fraction of sp³-hybridized carbons (Fsp3) is 0.571. The molecule has 8 heteroatoms. The number of carbonyl (C=O) groups is 1. The summed E-state index contributed by atoms with van der Waals surface area (Å²) < 4.78 is 5.23. The van der Waals surface area contributed by atoms with Crippen LogP contribution in [0.1, 0.15) is 65.1 Å². The Bertz CT molecular complexity index is 660. The van der Waals surface area contributed by atoms with E-state index in [1.807, 2.05) is 0 Å². The van der Waals surface area contributed by atoms with Gasteiger partial charge in [0, 0.05) is 5.92 Å². The van der Waals surface area contributed by atoms with Gasteiger partial charge in [-0.15, -0.1) is 0 Å². The van der Waals surface area contributed by atoms with Crippen molar-refractivity contribution < 1.29 is 9.32 Å². The zero-order valence-corrected chi connectivity index (χ0v) is 13.3. The topological polar surface area (TPSA) is 107 Å². The van der Waals surface area contributed by atoms with Crippen LogP contribution in [-0.4, -0.2) is 21.0 Å². The molecule has 7 nitrogen and oxygen atoms in total. The Hall–Kier alpha value is -1.96. The molecule has 0 unspecified atom stereocenters. The summed E-state index contributed by atoms with van der Waals surface area (Å²) >= 11 is 1.17. The Morgan fingerprint density at radius 1 is 1.36 bits per heavy atom. The molecule has 0 bridgehead atoms. The van der Waals surface area contributed by atoms with Crippen LogP contribution >= 0.6 is 11.3 Å². The third-order valence-corrected chi connectivity index (χ3v) is 4.86. The van der Waals surface area contributed by atoms with Crippen LogP contribution in [0.25, 0.3) is 0 Å². The zero-order valence-electron chi connectivity index (χ0n) is 12.5. The summed E-state index contributed by atoms with van der Waals surface area (Å²) in [6, 6.07) is 0. The summed E-state index contributed by atoms with van der Waals surface area (Å²) in [6.07, 6.45) is 5.96. The predicted molar refractivity (Wildman–Crippen MR) is 82.6 cm³/mol. The van der Waals surface area contributed by atoms with Gasteiger partial charge < -0.3 is 15.6 Å². The van der Waals surface area contributed by atoms with Gasteiger partial charge in [0.25, 0.3) is 5.91 Å². The van der Waals surface area contributed by atoms with Gasteiger partial charge >= 0.3 is 0 Å². The number of thiazole rings is 1. The molecule has 2 aromatic rings. The maximum Gasteiger partial charge on any atom is 0.263 e. The summed E-state index contributed by atoms with van der Waals surface area (Å²) in [7, 11) is 0. The van der Waals surface area contributed by atoms with Crippen molar-refractivity contribution in [2.75, 3.05) is 5.73 Å². The highest BCUT2D eigenvalue weighted by molar-refractivity contribution is 7.17. The minimum absolute atomic E-state index is 0.218. The molecule has 0 radical (unpaired) electrons. The van der Waals surface area contributed by atoms with E-state index < -0.39 is 0 Å². The highest BCUT2D eigenvalue weighted by Gasteiger charge is 2.21. The van der Waals surface area contributed by atoms with Crippen LogP contribution in [0.3, 0.4) is 0 Å². The first-order valence-corrected chi connectivity index (χ1v) is 8.28. The number of nitrogen functional groups attached to an aromatic ring is 1. The molecule has 1 fully saturated rings. The maximum absolute atomic E-state index is 12.1. The summed E-state index contributed by atoms with van der Waals surface area (Å²) in [6.45, 7) is 1.98. The van der Waals surface area contributed by atoms with Crippen LogP contribution in [0, 0.1) is 6.92 Å². The van der Waals surface area contributed by atoms with Gasteiger partial charge in [-0.25, -0.2) is 4.98 Å². The lowest BCUT2D eigenvalue weighted by atomic mass is 9.89. The van der Waals surface area contributed by atoms with Gasteiger partial charge in [-0.3, -0.25) is 4.79 Å². The molecular weight excluding hydrogens is 302 g/mol. The molecule has 2 heterocycles. The Balaban J connectivity index is 1.58. The Morgan fingerprint density at radius 3 is 2.82 bits per heavy atom. The van der Waals surface area contributed by atoms with Crippen molar-refractivity contribution >= 4 is 22.4 Å². The number of aryl methyl sites for hydroxylation is 1. The number of hydrogen-bond acceptors (Lipinski definition) is 7. The van der Waals surface area contributed by atoms with Gasteiger partial charge in [0.1, 0.15) is 4.88 Å². The number of rotatable bonds is 4. The van der Waals surface area contributed by atoms with Crippen molar-refractivity contribution in [3.63, 3.8) is 0 Å². The molecule has 118 valence electrons. The number of aromatic nitrogens is 3. The lowest BCUT2D eigenvalue weighted by Crippen LogP contribution is -2.22. The number of carbonyl (C=O) groups excluding carboxylic acids is 1. The summed E-state index contributed by atoms with van der Waals surface area (Å²) in [5.41, 5.74) is 6.23. The standard InChI is InChI=1S/C14H19N5O2S/c1-8-11(22-14(15)17-8)13(20)16-7-10-18-12(19-21-10)9-5-3-2-4-6-9/h9H,2-7H2,1H3,(H2,15,17)(H,16,20). The summed E-state index contributed by atoms with van der Waals surface area (Å²) in [5, 5.41) is 7.20. The predicted octanol–water partition coefficient (Wildman–Crippen LogP) is 2.39. The van der Waals surface area contributed by atoms with Gasteiger partial charge in [-0.05, 0) is 19.8 Å². The van der Waals surface area contributed by atoms with Crippen molar-refractivity contribution in [1.82, 2.24) is 20.4 Å². The van der Waals surface area contributed by atoms with Gasteiger partial charge in [0.05, 0.1) is 12.2 Å². The van der Waals surface area contributed by atoms with Crippen molar-refractivity contribution in [1.29, 1.82) is 0 Å². The van der Waals surface area contributed by atoms with Crippen LogP contribution in [0.4, 0.5) is 5.13 Å². The van der Waals surface area contributed by atoms with Gasteiger partial charge in [-0.2, -0.15) is 4.98 Å².